The van der Waals surface area contributed by atoms with Crippen LogP contribution in [0.15, 0.2) is 34.3 Å². The van der Waals surface area contributed by atoms with E-state index in [-0.39, 0.29) is 12.1 Å². The van der Waals surface area contributed by atoms with Gasteiger partial charge in [0.25, 0.3) is 0 Å². The third kappa shape index (κ3) is 5.53. The molecule has 0 N–H and O–H groups in total. The van der Waals surface area contributed by atoms with Crippen molar-refractivity contribution in [3.05, 3.63) is 56.6 Å². The van der Waals surface area contributed by atoms with E-state index < -0.39 is 12.1 Å². The van der Waals surface area contributed by atoms with Crippen LogP contribution in [0.2, 0.25) is 10.0 Å². The van der Waals surface area contributed by atoms with E-state index in [0.29, 0.717) is 21.5 Å². The molecule has 2 aromatic rings. The molecule has 0 aromatic heterocycles. The van der Waals surface area contributed by atoms with Crippen LogP contribution in [0.25, 0.3) is 0 Å². The molecule has 0 radical (unpaired) electrons. The number of nitrogens with zero attached hydrogens (tertiary/aromatic N) is 2. The van der Waals surface area contributed by atoms with Crippen molar-refractivity contribution in [2.24, 2.45) is 9.98 Å². The van der Waals surface area contributed by atoms with Crippen molar-refractivity contribution < 1.29 is 7.53 Å². The van der Waals surface area contributed by atoms with Crippen LogP contribution in [-0.2, 0) is 0 Å². The fourth-order valence-corrected chi connectivity index (χ4v) is 8.45. The van der Waals surface area contributed by atoms with Crippen LogP contribution in [0.1, 0.15) is 47.9 Å². The van der Waals surface area contributed by atoms with Gasteiger partial charge in [0.15, 0.2) is 0 Å². The van der Waals surface area contributed by atoms with Crippen LogP contribution in [-0.4, -0.2) is 36.6 Å². The molecule has 1 heterocycles. The van der Waals surface area contributed by atoms with Crippen LogP contribution >= 0.6 is 43.2 Å². The van der Waals surface area contributed by atoms with Gasteiger partial charge in [0.05, 0.1) is 0 Å². The van der Waals surface area contributed by atoms with Crippen molar-refractivity contribution in [1.29, 1.82) is 0 Å². The maximum absolute atomic E-state index is 6.66. The quantitative estimate of drug-likeness (QED) is 0.321. The number of aryl methyl sites for hydroxylation is 2. The first-order valence-electron chi connectivity index (χ1n) is 10.1. The fourth-order valence-electron chi connectivity index (χ4n) is 4.03. The Hall–Kier alpha value is -0.917. The molecule has 164 valence electrons. The second kappa shape index (κ2) is 9.52. The Balaban J connectivity index is 1.88. The molecular formula is C22H22Cl4GeN2O2. The number of hydrogen-bond donors (Lipinski definition) is 0. The molecule has 0 unspecified atom stereocenters. The van der Waals surface area contributed by atoms with E-state index >= 15 is 0 Å². The minimum atomic E-state index is -4.28. The van der Waals surface area contributed by atoms with E-state index in [4.69, 9.17) is 60.7 Å². The SMILES string of the molecule is Cc1cc(Cl)cc2c1[O][Ge]([Cl])([Cl])[O]c1c(C)cc(Cl)cc1C=N[C@@H]1CCCC[C@H]1N=C2. The molecule has 2 aliphatic rings. The Kier molecular flexibility index (Phi) is 7.14. The first kappa shape index (κ1) is 23.2. The molecule has 1 fully saturated rings. The third-order valence-corrected chi connectivity index (χ3v) is 9.38. The van der Waals surface area contributed by atoms with Crippen molar-refractivity contribution >= 4 is 67.7 Å². The van der Waals surface area contributed by atoms with Crippen LogP contribution in [0.3, 0.4) is 0 Å². The summed E-state index contributed by atoms with van der Waals surface area (Å²) in [6, 6.07) is 7.37. The molecule has 1 aliphatic carbocycles. The summed E-state index contributed by atoms with van der Waals surface area (Å²) >= 11 is 8.34. The van der Waals surface area contributed by atoms with Gasteiger partial charge in [-0.2, -0.15) is 0 Å². The molecule has 0 spiro atoms. The summed E-state index contributed by atoms with van der Waals surface area (Å²) in [7, 11) is 13.3. The normalized spacial score (nSPS) is 22.5. The molecule has 9 heteroatoms. The number of benzene rings is 2. The average Bonchev–Trinajstić information content (AvgIpc) is 2.70. The molecule has 2 aromatic carbocycles. The Bertz CT molecular complexity index is 977. The van der Waals surface area contributed by atoms with Gasteiger partial charge in [-0.3, -0.25) is 0 Å². The van der Waals surface area contributed by atoms with Crippen molar-refractivity contribution in [2.75, 3.05) is 0 Å². The molecule has 1 aliphatic heterocycles. The molecule has 0 amide bonds. The van der Waals surface area contributed by atoms with Crippen LogP contribution in [0.5, 0.6) is 11.5 Å². The van der Waals surface area contributed by atoms with Gasteiger partial charge in [0.1, 0.15) is 0 Å². The van der Waals surface area contributed by atoms with Crippen molar-refractivity contribution in [1.82, 2.24) is 0 Å². The van der Waals surface area contributed by atoms with Crippen molar-refractivity contribution in [3.8, 4) is 11.5 Å². The van der Waals surface area contributed by atoms with Crippen molar-refractivity contribution in [3.63, 3.8) is 0 Å². The molecule has 4 nitrogen and oxygen atoms in total. The topological polar surface area (TPSA) is 43.2 Å². The summed E-state index contributed by atoms with van der Waals surface area (Å²) in [5.41, 5.74) is 3.08. The summed E-state index contributed by atoms with van der Waals surface area (Å²) in [4.78, 5) is 9.73. The maximum atomic E-state index is 6.66. The summed E-state index contributed by atoms with van der Waals surface area (Å²) in [6.45, 7) is 3.79. The zero-order valence-corrected chi connectivity index (χ0v) is 22.3. The summed E-state index contributed by atoms with van der Waals surface area (Å²) in [5, 5.41) is 1.18. The number of rotatable bonds is 0. The predicted octanol–water partition coefficient (Wildman–Crippen LogP) is 7.14. The Morgan fingerprint density at radius 1 is 0.774 bits per heavy atom. The number of halogens is 4. The van der Waals surface area contributed by atoms with Gasteiger partial charge in [-0.05, 0) is 0 Å². The Morgan fingerprint density at radius 3 is 1.61 bits per heavy atom. The summed E-state index contributed by atoms with van der Waals surface area (Å²) in [5.74, 6) is 1.08. The van der Waals surface area contributed by atoms with Gasteiger partial charge < -0.3 is 0 Å². The Morgan fingerprint density at radius 2 is 1.19 bits per heavy atom. The second-order valence-corrected chi connectivity index (χ2v) is 17.8. The average molecular weight is 561 g/mol. The fraction of sp³-hybridized carbons (Fsp3) is 0.364. The molecule has 31 heavy (non-hydrogen) atoms. The van der Waals surface area contributed by atoms with Crippen LogP contribution in [0, 0.1) is 13.8 Å². The first-order chi connectivity index (χ1) is 14.7. The molecule has 2 atom stereocenters. The third-order valence-electron chi connectivity index (χ3n) is 5.48. The van der Waals surface area contributed by atoms with E-state index in [9.17, 15) is 0 Å². The molecule has 4 rings (SSSR count). The summed E-state index contributed by atoms with van der Waals surface area (Å²) in [6.07, 6.45) is 7.78. The first-order valence-corrected chi connectivity index (χ1v) is 18.1. The second-order valence-electron chi connectivity index (χ2n) is 7.93. The number of fused-ring (bicyclic) bond motifs is 3. The zero-order valence-electron chi connectivity index (χ0n) is 17.2. The van der Waals surface area contributed by atoms with Crippen molar-refractivity contribution in [2.45, 2.75) is 51.6 Å². The van der Waals surface area contributed by atoms with E-state index in [0.717, 1.165) is 47.9 Å². The van der Waals surface area contributed by atoms with Gasteiger partial charge in [-0.1, -0.05) is 0 Å². The summed E-state index contributed by atoms with van der Waals surface area (Å²) < 4.78 is 12.3. The molecular weight excluding hydrogens is 539 g/mol. The Labute approximate surface area is 204 Å². The van der Waals surface area contributed by atoms with Crippen LogP contribution in [0.4, 0.5) is 0 Å². The molecule has 0 saturated heterocycles. The van der Waals surface area contributed by atoms with E-state index in [1.807, 2.05) is 26.0 Å². The molecule has 0 bridgehead atoms. The predicted molar refractivity (Wildman–Crippen MR) is 132 cm³/mol. The van der Waals surface area contributed by atoms with Gasteiger partial charge in [-0.25, -0.2) is 0 Å². The minimum absolute atomic E-state index is 0.0702. The monoisotopic (exact) mass is 560 g/mol. The zero-order chi connectivity index (χ0) is 22.2. The van der Waals surface area contributed by atoms with Gasteiger partial charge in [0, 0.05) is 0 Å². The number of aliphatic imine (C=N–C) groups is 2. The van der Waals surface area contributed by atoms with Gasteiger partial charge >= 0.3 is 205 Å². The molecule has 1 saturated carbocycles. The van der Waals surface area contributed by atoms with E-state index in [1.54, 1.807) is 24.6 Å². The number of hydrogen-bond acceptors (Lipinski definition) is 4. The van der Waals surface area contributed by atoms with Gasteiger partial charge in [-0.15, -0.1) is 0 Å². The standard InChI is InChI=1S/C22H22Cl4GeN2O2/c1-13-7-17(23)9-15-11-28-19-5-3-4-6-20(19)29-12-16-10-18(24)8-14(2)22(16)31-27(25,26)30-21(13)15/h7-12,19-20H,3-6H2,1-2H3/t19-,20-/m1/s1. The van der Waals surface area contributed by atoms with Gasteiger partial charge in [0.2, 0.25) is 0 Å². The van der Waals surface area contributed by atoms with E-state index in [2.05, 4.69) is 0 Å². The van der Waals surface area contributed by atoms with Crippen LogP contribution < -0.4 is 7.53 Å². The van der Waals surface area contributed by atoms with E-state index in [1.165, 1.54) is 0 Å².